The number of H-pyrrole nitrogens is 1. The molecule has 32 heavy (non-hydrogen) atoms. The zero-order chi connectivity index (χ0) is 22.7. The standard InChI is InChI=1S/C21H26N6O4S/c1-14-7-10-21(11-8-14)17(29)27(18(30)22-21)25-16(28)13-32-20-24-23-19(31)26(20)12-9-15-5-3-2-4-6-15/h2-6,14H,7-13H2,1H3,(H,22,30)(H,23,31)(H,25,28). The summed E-state index contributed by atoms with van der Waals surface area (Å²) in [5.41, 5.74) is 2.22. The number of aromatic amines is 1. The van der Waals surface area contributed by atoms with Gasteiger partial charge < -0.3 is 5.32 Å². The quantitative estimate of drug-likeness (QED) is 0.425. The first-order chi connectivity index (χ1) is 15.4. The summed E-state index contributed by atoms with van der Waals surface area (Å²) in [6.07, 6.45) is 3.48. The van der Waals surface area contributed by atoms with Gasteiger partial charge in [0.15, 0.2) is 5.16 Å². The SMILES string of the molecule is CC1CCC2(CC1)NC(=O)N(NC(=O)CSc1n[nH]c(=O)n1CCc1ccccc1)C2=O. The van der Waals surface area contributed by atoms with Crippen molar-refractivity contribution in [3.63, 3.8) is 0 Å². The maximum atomic E-state index is 12.8. The van der Waals surface area contributed by atoms with Crippen LogP contribution in [0.15, 0.2) is 40.3 Å². The number of nitrogens with one attached hydrogen (secondary N) is 3. The second-order valence-corrected chi connectivity index (χ2v) is 9.30. The maximum Gasteiger partial charge on any atom is 0.344 e. The average Bonchev–Trinajstić information content (AvgIpc) is 3.25. The van der Waals surface area contributed by atoms with Crippen LogP contribution < -0.4 is 16.4 Å². The number of carbonyl (C=O) groups excluding carboxylic acids is 3. The Morgan fingerprint density at radius 3 is 2.66 bits per heavy atom. The van der Waals surface area contributed by atoms with E-state index in [9.17, 15) is 19.2 Å². The molecule has 1 spiro atoms. The third-order valence-electron chi connectivity index (χ3n) is 6.05. The monoisotopic (exact) mass is 458 g/mol. The van der Waals surface area contributed by atoms with E-state index < -0.39 is 23.4 Å². The zero-order valence-electron chi connectivity index (χ0n) is 17.8. The van der Waals surface area contributed by atoms with E-state index in [-0.39, 0.29) is 11.4 Å². The summed E-state index contributed by atoms with van der Waals surface area (Å²) >= 11 is 1.06. The number of nitrogens with zero attached hydrogens (tertiary/aromatic N) is 3. The predicted octanol–water partition coefficient (Wildman–Crippen LogP) is 1.44. The van der Waals surface area contributed by atoms with Crippen LogP contribution in [0.4, 0.5) is 4.79 Å². The summed E-state index contributed by atoms with van der Waals surface area (Å²) in [6, 6.07) is 9.13. The van der Waals surface area contributed by atoms with Crippen LogP contribution in [-0.2, 0) is 22.6 Å². The molecule has 10 nitrogen and oxygen atoms in total. The number of thioether (sulfide) groups is 1. The van der Waals surface area contributed by atoms with Crippen molar-refractivity contribution in [3.05, 3.63) is 46.4 Å². The Morgan fingerprint density at radius 2 is 1.94 bits per heavy atom. The lowest BCUT2D eigenvalue weighted by Gasteiger charge is -2.33. The predicted molar refractivity (Wildman–Crippen MR) is 118 cm³/mol. The number of imide groups is 1. The fraction of sp³-hybridized carbons (Fsp3) is 0.476. The average molecular weight is 459 g/mol. The van der Waals surface area contributed by atoms with Crippen molar-refractivity contribution in [2.75, 3.05) is 5.75 Å². The molecule has 11 heteroatoms. The number of amides is 4. The number of urea groups is 1. The fourth-order valence-corrected chi connectivity index (χ4v) is 4.86. The molecule has 0 atom stereocenters. The van der Waals surface area contributed by atoms with Gasteiger partial charge in [-0.2, -0.15) is 5.01 Å². The molecular weight excluding hydrogens is 432 g/mol. The second kappa shape index (κ2) is 9.19. The van der Waals surface area contributed by atoms with Crippen LogP contribution in [0.2, 0.25) is 0 Å². The van der Waals surface area contributed by atoms with Crippen molar-refractivity contribution >= 4 is 29.6 Å². The minimum absolute atomic E-state index is 0.100. The van der Waals surface area contributed by atoms with Crippen molar-refractivity contribution in [2.24, 2.45) is 5.92 Å². The van der Waals surface area contributed by atoms with Gasteiger partial charge in [0, 0.05) is 6.54 Å². The van der Waals surface area contributed by atoms with E-state index in [1.165, 1.54) is 4.57 Å². The number of hydrazine groups is 1. The zero-order valence-corrected chi connectivity index (χ0v) is 18.6. The van der Waals surface area contributed by atoms with E-state index in [2.05, 4.69) is 27.9 Å². The number of benzene rings is 1. The van der Waals surface area contributed by atoms with E-state index in [1.54, 1.807) is 0 Å². The van der Waals surface area contributed by atoms with Crippen LogP contribution in [0.3, 0.4) is 0 Å². The van der Waals surface area contributed by atoms with Gasteiger partial charge in [0.05, 0.1) is 5.75 Å². The van der Waals surface area contributed by atoms with Gasteiger partial charge in [-0.3, -0.25) is 19.6 Å². The molecule has 2 aliphatic rings. The van der Waals surface area contributed by atoms with Gasteiger partial charge in [-0.05, 0) is 43.6 Å². The van der Waals surface area contributed by atoms with E-state index in [0.29, 0.717) is 36.9 Å². The van der Waals surface area contributed by atoms with Crippen LogP contribution in [0.1, 0.15) is 38.2 Å². The molecular formula is C21H26N6O4S. The largest absolute Gasteiger partial charge is 0.344 e. The Labute approximate surface area is 189 Å². The topological polar surface area (TPSA) is 129 Å². The van der Waals surface area contributed by atoms with E-state index >= 15 is 0 Å². The Morgan fingerprint density at radius 1 is 1.22 bits per heavy atom. The summed E-state index contributed by atoms with van der Waals surface area (Å²) < 4.78 is 1.47. The lowest BCUT2D eigenvalue weighted by molar-refractivity contribution is -0.139. The Balaban J connectivity index is 1.33. The Kier molecular flexibility index (Phi) is 6.35. The summed E-state index contributed by atoms with van der Waals surface area (Å²) in [7, 11) is 0. The molecule has 2 heterocycles. The van der Waals surface area contributed by atoms with Gasteiger partial charge in [0.2, 0.25) is 5.91 Å². The van der Waals surface area contributed by atoms with Crippen molar-refractivity contribution in [3.8, 4) is 0 Å². The summed E-state index contributed by atoms with van der Waals surface area (Å²) in [6.45, 7) is 2.54. The maximum absolute atomic E-state index is 12.8. The van der Waals surface area contributed by atoms with Crippen LogP contribution in [0.25, 0.3) is 0 Å². The first-order valence-corrected chi connectivity index (χ1v) is 11.6. The van der Waals surface area contributed by atoms with Crippen molar-refractivity contribution in [1.82, 2.24) is 30.5 Å². The minimum Gasteiger partial charge on any atom is -0.322 e. The van der Waals surface area contributed by atoms with Crippen molar-refractivity contribution in [1.29, 1.82) is 0 Å². The molecule has 1 aromatic heterocycles. The van der Waals surface area contributed by atoms with Gasteiger partial charge in [0.25, 0.3) is 5.91 Å². The molecule has 170 valence electrons. The number of aryl methyl sites for hydroxylation is 1. The smallest absolute Gasteiger partial charge is 0.322 e. The normalized spacial score (nSPS) is 22.9. The first kappa shape index (κ1) is 22.1. The molecule has 1 saturated heterocycles. The molecule has 2 fully saturated rings. The second-order valence-electron chi connectivity index (χ2n) is 8.36. The molecule has 4 rings (SSSR count). The summed E-state index contributed by atoms with van der Waals surface area (Å²) in [4.78, 5) is 49.7. The highest BCUT2D eigenvalue weighted by molar-refractivity contribution is 7.99. The molecule has 2 aromatic rings. The van der Waals surface area contributed by atoms with Gasteiger partial charge in [-0.15, -0.1) is 5.10 Å². The third kappa shape index (κ3) is 4.57. The Bertz CT molecular complexity index is 1060. The molecule has 1 aliphatic carbocycles. The van der Waals surface area contributed by atoms with Crippen molar-refractivity contribution in [2.45, 2.75) is 56.3 Å². The van der Waals surface area contributed by atoms with Gasteiger partial charge in [0.1, 0.15) is 5.54 Å². The first-order valence-electron chi connectivity index (χ1n) is 10.7. The molecule has 0 radical (unpaired) electrons. The number of hydrogen-bond acceptors (Lipinski definition) is 6. The molecule has 3 N–H and O–H groups in total. The molecule has 1 aromatic carbocycles. The third-order valence-corrected chi connectivity index (χ3v) is 7.03. The molecule has 1 saturated carbocycles. The Hall–Kier alpha value is -3.08. The molecule has 0 bridgehead atoms. The number of aromatic nitrogens is 3. The van der Waals surface area contributed by atoms with Crippen LogP contribution in [0.5, 0.6) is 0 Å². The summed E-state index contributed by atoms with van der Waals surface area (Å²) in [5, 5.41) is 10.3. The highest BCUT2D eigenvalue weighted by Gasteiger charge is 2.52. The van der Waals surface area contributed by atoms with E-state index in [4.69, 9.17) is 0 Å². The minimum atomic E-state index is -0.913. The van der Waals surface area contributed by atoms with E-state index in [0.717, 1.165) is 35.2 Å². The van der Waals surface area contributed by atoms with Crippen LogP contribution in [0, 0.1) is 5.92 Å². The highest BCUT2D eigenvalue weighted by Crippen LogP contribution is 2.35. The molecule has 0 unspecified atom stereocenters. The number of carbonyl (C=O) groups is 3. The van der Waals surface area contributed by atoms with Gasteiger partial charge in [-0.25, -0.2) is 14.7 Å². The lowest BCUT2D eigenvalue weighted by atomic mass is 9.77. The fourth-order valence-electron chi connectivity index (χ4n) is 4.10. The molecule has 4 amide bonds. The van der Waals surface area contributed by atoms with Gasteiger partial charge in [-0.1, -0.05) is 49.0 Å². The van der Waals surface area contributed by atoms with Gasteiger partial charge >= 0.3 is 11.7 Å². The molecule has 1 aliphatic heterocycles. The van der Waals surface area contributed by atoms with Crippen molar-refractivity contribution < 1.29 is 14.4 Å². The summed E-state index contributed by atoms with van der Waals surface area (Å²) in [5.74, 6) is -0.521. The lowest BCUT2D eigenvalue weighted by Crippen LogP contribution is -2.51. The number of rotatable bonds is 7. The van der Waals surface area contributed by atoms with Crippen LogP contribution in [-0.4, -0.2) is 48.9 Å². The van der Waals surface area contributed by atoms with E-state index in [1.807, 2.05) is 30.3 Å². The van der Waals surface area contributed by atoms with Crippen LogP contribution >= 0.6 is 11.8 Å². The number of hydrogen-bond donors (Lipinski definition) is 3. The highest BCUT2D eigenvalue weighted by atomic mass is 32.2.